The van der Waals surface area contributed by atoms with Gasteiger partial charge in [-0.25, -0.2) is 0 Å². The highest BCUT2D eigenvalue weighted by molar-refractivity contribution is 14.1. The van der Waals surface area contributed by atoms with Crippen LogP contribution in [0.5, 0.6) is 0 Å². The summed E-state index contributed by atoms with van der Waals surface area (Å²) in [7, 11) is -8.78. The van der Waals surface area contributed by atoms with Crippen molar-refractivity contribution >= 4 is 83.0 Å². The third kappa shape index (κ3) is 11.3. The number of hydrogen-bond acceptors (Lipinski definition) is 6. The van der Waals surface area contributed by atoms with Crippen molar-refractivity contribution in [2.24, 2.45) is 0 Å². The predicted octanol–water partition coefficient (Wildman–Crippen LogP) is 8.37. The summed E-state index contributed by atoms with van der Waals surface area (Å²) in [5, 5.41) is 2.01. The fourth-order valence-corrected chi connectivity index (χ4v) is 9.26. The molecule has 0 aliphatic carbocycles. The lowest BCUT2D eigenvalue weighted by atomic mass is 9.77. The van der Waals surface area contributed by atoms with E-state index in [9.17, 15) is 30.7 Å². The average molecular weight is 995 g/mol. The van der Waals surface area contributed by atoms with Gasteiger partial charge in [0.15, 0.2) is 0 Å². The zero-order chi connectivity index (χ0) is 40.0. The van der Waals surface area contributed by atoms with Gasteiger partial charge in [-0.2, -0.15) is 16.8 Å². The van der Waals surface area contributed by atoms with E-state index in [0.29, 0.717) is 13.0 Å². The van der Waals surface area contributed by atoms with Crippen molar-refractivity contribution in [3.05, 3.63) is 95.8 Å². The van der Waals surface area contributed by atoms with E-state index in [0.717, 1.165) is 70.4 Å². The smallest absolute Gasteiger partial charge is 0.294 e. The van der Waals surface area contributed by atoms with Gasteiger partial charge in [0.2, 0.25) is 5.91 Å². The molecule has 1 amide bonds. The van der Waals surface area contributed by atoms with Gasteiger partial charge in [0, 0.05) is 56.8 Å². The van der Waals surface area contributed by atoms with Crippen LogP contribution in [0, 0.1) is 0 Å². The molecule has 0 fully saturated rings. The lowest BCUT2D eigenvalue weighted by Crippen LogP contribution is -2.77. The summed E-state index contributed by atoms with van der Waals surface area (Å²) in [5.74, 6) is 0.127. The number of halogens is 2. The number of carbonyl (C=O) groups is 1. The number of nitrogens with zero attached hydrogens (tertiary/aromatic N) is 2. The number of rotatable bonds is 18. The second-order valence-electron chi connectivity index (χ2n) is 14.9. The van der Waals surface area contributed by atoms with Gasteiger partial charge in [0.05, 0.1) is 39.2 Å². The van der Waals surface area contributed by atoms with Crippen molar-refractivity contribution < 1.29 is 36.1 Å². The Labute approximate surface area is 344 Å². The molecule has 2 aromatic carbocycles. The number of fused-ring (bicyclic) bond motifs is 1. The summed E-state index contributed by atoms with van der Waals surface area (Å²) in [6.07, 6.45) is 13.3. The third-order valence-electron chi connectivity index (χ3n) is 9.89. The molecule has 1 heterocycles. The van der Waals surface area contributed by atoms with E-state index in [1.54, 1.807) is 18.2 Å². The molecule has 53 heavy (non-hydrogen) atoms. The first kappa shape index (κ1) is 45.3. The number of unbranched alkanes of at least 4 members (excludes halogenated alkanes) is 2. The second-order valence-corrected chi connectivity index (χ2v) is 19.8. The molecule has 0 bridgehead atoms. The molecular weight excluding hydrogens is 940 g/mol. The Kier molecular flexibility index (Phi) is 15.6. The summed E-state index contributed by atoms with van der Waals surface area (Å²) in [6, 6.07) is 9.31. The van der Waals surface area contributed by atoms with E-state index < -0.39 is 31.1 Å². The number of quaternary nitrogens is 1. The highest BCUT2D eigenvalue weighted by atomic mass is 127. The molecular formula is C39H54I2N3O7S2+. The van der Waals surface area contributed by atoms with Crippen molar-refractivity contribution in [2.45, 2.75) is 107 Å². The van der Waals surface area contributed by atoms with E-state index in [4.69, 9.17) is 0 Å². The molecule has 2 aromatic rings. The highest BCUT2D eigenvalue weighted by Crippen LogP contribution is 2.48. The monoisotopic (exact) mass is 994 g/mol. The fraction of sp³-hybridized carbons (Fsp3) is 0.462. The van der Waals surface area contributed by atoms with Crippen LogP contribution in [0.2, 0.25) is 0 Å². The van der Waals surface area contributed by atoms with Gasteiger partial charge in [-0.1, -0.05) is 87.6 Å². The summed E-state index contributed by atoms with van der Waals surface area (Å²) in [4.78, 5) is 14.8. The highest BCUT2D eigenvalue weighted by Gasteiger charge is 2.40. The minimum Gasteiger partial charge on any atom is -0.344 e. The third-order valence-corrected chi connectivity index (χ3v) is 14.0. The molecule has 0 spiro atoms. The first-order valence-electron chi connectivity index (χ1n) is 17.6. The normalized spacial score (nSPS) is 15.8. The zero-order valence-corrected chi connectivity index (χ0v) is 37.6. The van der Waals surface area contributed by atoms with Crippen LogP contribution in [0.25, 0.3) is 0 Å². The van der Waals surface area contributed by atoms with E-state index in [1.165, 1.54) is 18.2 Å². The van der Waals surface area contributed by atoms with Crippen molar-refractivity contribution in [1.29, 1.82) is 0 Å². The Hall–Kier alpha value is -2.09. The van der Waals surface area contributed by atoms with Crippen LogP contribution in [-0.4, -0.2) is 58.0 Å². The van der Waals surface area contributed by atoms with Crippen LogP contribution in [0.1, 0.15) is 91.7 Å². The van der Waals surface area contributed by atoms with Crippen LogP contribution in [-0.2, 0) is 35.9 Å². The number of benzene rings is 2. The zero-order valence-electron chi connectivity index (χ0n) is 31.7. The van der Waals surface area contributed by atoms with Gasteiger partial charge < -0.3 is 10.2 Å². The van der Waals surface area contributed by atoms with Crippen LogP contribution in [0.3, 0.4) is 0 Å². The summed E-state index contributed by atoms with van der Waals surface area (Å²) in [5.41, 5.74) is 3.51. The largest absolute Gasteiger partial charge is 0.344 e. The topological polar surface area (TPSA) is 149 Å². The lowest BCUT2D eigenvalue weighted by Gasteiger charge is -2.33. The molecule has 14 heteroatoms. The van der Waals surface area contributed by atoms with Crippen molar-refractivity contribution in [2.75, 3.05) is 22.4 Å². The molecule has 292 valence electrons. The van der Waals surface area contributed by atoms with E-state index >= 15 is 0 Å². The van der Waals surface area contributed by atoms with Gasteiger partial charge in [-0.3, -0.25) is 17.0 Å². The predicted molar refractivity (Wildman–Crippen MR) is 230 cm³/mol. The van der Waals surface area contributed by atoms with Gasteiger partial charge in [0.25, 0.3) is 20.2 Å². The van der Waals surface area contributed by atoms with Crippen LogP contribution in [0.15, 0.2) is 94.4 Å². The van der Waals surface area contributed by atoms with E-state index in [1.807, 2.05) is 73.4 Å². The Morgan fingerprint density at radius 2 is 1.58 bits per heavy atom. The maximum atomic E-state index is 12.9. The SMILES string of the molecule is C=C(/C=C/C=C/C=C1/N(CCCCCC(=O)N(I)C(C)(C)CCI)c2ccc(S(=O)(=O)O)cc2C1(C)C)C(C)(C)c1cc(S(=O)(=O)O)ccc1[NH2+]CC. The molecule has 1 aliphatic rings. The van der Waals surface area contributed by atoms with Gasteiger partial charge >= 0.3 is 0 Å². The molecule has 10 nitrogen and oxygen atoms in total. The van der Waals surface area contributed by atoms with Crippen molar-refractivity contribution in [3.8, 4) is 0 Å². The number of alkyl halides is 1. The molecule has 0 saturated heterocycles. The first-order chi connectivity index (χ1) is 24.5. The van der Waals surface area contributed by atoms with Crippen LogP contribution in [0.4, 0.5) is 11.4 Å². The number of carbonyl (C=O) groups excluding carboxylic acids is 1. The summed E-state index contributed by atoms with van der Waals surface area (Å²) in [6.45, 7) is 19.8. The summed E-state index contributed by atoms with van der Waals surface area (Å²) < 4.78 is 70.3. The second kappa shape index (κ2) is 18.2. The Morgan fingerprint density at radius 1 is 0.962 bits per heavy atom. The van der Waals surface area contributed by atoms with Gasteiger partial charge in [-0.15, -0.1) is 0 Å². The maximum Gasteiger partial charge on any atom is 0.294 e. The van der Waals surface area contributed by atoms with Gasteiger partial charge in [-0.05, 0) is 87.6 Å². The van der Waals surface area contributed by atoms with Crippen molar-refractivity contribution in [3.63, 3.8) is 0 Å². The molecule has 0 radical (unpaired) electrons. The molecule has 0 unspecified atom stereocenters. The standard InChI is InChI=1S/C39H53I2N3O7S2/c1-9-42-33-21-19-29(52(46,47)48)26-31(33)38(5,6)28(2)16-12-10-13-17-35-39(7,8)32-27-30(53(49,50)51)20-22-34(32)43(35)25-15-11-14-18-36(45)44(41)37(3,4)23-24-40/h10,12-13,16-17,19-22,26-27,42H,2,9,11,14-15,18,23-25H2,1,3-8H3,(H,46,47,48)(H,49,50,51)/p+1/b13-10+,16-12+,35-17+. The maximum absolute atomic E-state index is 12.9. The molecule has 1 aliphatic heterocycles. The first-order valence-corrected chi connectivity index (χ1v) is 23.0. The van der Waals surface area contributed by atoms with Crippen LogP contribution < -0.4 is 10.2 Å². The number of anilines is 1. The van der Waals surface area contributed by atoms with Crippen LogP contribution >= 0.6 is 45.5 Å². The molecule has 0 aromatic heterocycles. The minimum absolute atomic E-state index is 0.127. The summed E-state index contributed by atoms with van der Waals surface area (Å²) >= 11 is 4.47. The molecule has 4 N–H and O–H groups in total. The van der Waals surface area contributed by atoms with E-state index in [-0.39, 0.29) is 21.2 Å². The van der Waals surface area contributed by atoms with Gasteiger partial charge in [0.1, 0.15) is 5.69 Å². The molecule has 0 atom stereocenters. The fourth-order valence-electron chi connectivity index (χ4n) is 6.44. The minimum atomic E-state index is -4.39. The van der Waals surface area contributed by atoms with E-state index in [2.05, 4.69) is 70.8 Å². The quantitative estimate of drug-likeness (QED) is 0.0257. The lowest BCUT2D eigenvalue weighted by molar-refractivity contribution is -0.568. The molecule has 0 saturated carbocycles. The Bertz CT molecular complexity index is 1990. The number of allylic oxidation sites excluding steroid dienone is 7. The number of hydrogen-bond donors (Lipinski definition) is 3. The average Bonchev–Trinajstić information content (AvgIpc) is 3.27. The molecule has 3 rings (SSSR count). The Balaban J connectivity index is 1.84. The Morgan fingerprint density at radius 3 is 2.19 bits per heavy atom. The van der Waals surface area contributed by atoms with Crippen molar-refractivity contribution in [1.82, 2.24) is 3.11 Å². The number of nitrogens with two attached hydrogens (primary N) is 1. The number of amides is 1.